The van der Waals surface area contributed by atoms with Crippen LogP contribution >= 0.6 is 11.8 Å². The molecule has 0 aliphatic heterocycles. The minimum absolute atomic E-state index is 0.0163. The van der Waals surface area contributed by atoms with Crippen molar-refractivity contribution in [2.24, 2.45) is 0 Å². The van der Waals surface area contributed by atoms with E-state index in [-0.39, 0.29) is 41.5 Å². The highest BCUT2D eigenvalue weighted by Gasteiger charge is 2.17. The number of para-hydroxylation sites is 1. The van der Waals surface area contributed by atoms with Crippen molar-refractivity contribution in [2.75, 3.05) is 11.1 Å². The Bertz CT molecular complexity index is 1530. The van der Waals surface area contributed by atoms with Crippen molar-refractivity contribution in [3.63, 3.8) is 0 Å². The summed E-state index contributed by atoms with van der Waals surface area (Å²) in [7, 11) is 0. The number of benzene rings is 3. The van der Waals surface area contributed by atoms with E-state index in [2.05, 4.69) is 15.6 Å². The Morgan fingerprint density at radius 1 is 0.949 bits per heavy atom. The summed E-state index contributed by atoms with van der Waals surface area (Å²) < 4.78 is 14.7. The molecular formula is C30H29FN4O3S. The first-order valence-electron chi connectivity index (χ1n) is 13.0. The summed E-state index contributed by atoms with van der Waals surface area (Å²) >= 11 is 1.15. The number of halogens is 1. The second-order valence-corrected chi connectivity index (χ2v) is 10.6. The number of carbonyl (C=O) groups is 2. The summed E-state index contributed by atoms with van der Waals surface area (Å²) in [4.78, 5) is 43.3. The van der Waals surface area contributed by atoms with Crippen LogP contribution in [0, 0.1) is 5.82 Å². The molecule has 2 amide bonds. The molecule has 0 bridgehead atoms. The summed E-state index contributed by atoms with van der Waals surface area (Å²) in [5.41, 5.74) is 2.25. The molecule has 2 N–H and O–H groups in total. The van der Waals surface area contributed by atoms with Crippen LogP contribution in [0.5, 0.6) is 0 Å². The Kier molecular flexibility index (Phi) is 8.36. The fraction of sp³-hybridized carbons (Fsp3) is 0.267. The molecule has 0 radical (unpaired) electrons. The number of hydrogen-bond donors (Lipinski definition) is 2. The third-order valence-electron chi connectivity index (χ3n) is 6.78. The van der Waals surface area contributed by atoms with E-state index in [1.807, 2.05) is 18.2 Å². The summed E-state index contributed by atoms with van der Waals surface area (Å²) in [6.07, 6.45) is 5.55. The molecule has 9 heteroatoms. The number of nitrogens with zero attached hydrogens (tertiary/aromatic N) is 2. The van der Waals surface area contributed by atoms with Crippen LogP contribution in [0.2, 0.25) is 0 Å². The minimum atomic E-state index is -0.385. The molecule has 0 atom stereocenters. The highest BCUT2D eigenvalue weighted by molar-refractivity contribution is 7.99. The van der Waals surface area contributed by atoms with Gasteiger partial charge in [0.05, 0.1) is 23.2 Å². The van der Waals surface area contributed by atoms with E-state index in [1.165, 1.54) is 30.7 Å². The van der Waals surface area contributed by atoms with E-state index >= 15 is 0 Å². The lowest BCUT2D eigenvalue weighted by atomic mass is 9.95. The van der Waals surface area contributed by atoms with Gasteiger partial charge in [0.1, 0.15) is 5.82 Å². The number of fused-ring (bicyclic) bond motifs is 1. The summed E-state index contributed by atoms with van der Waals surface area (Å²) in [5, 5.41) is 6.75. The fourth-order valence-electron chi connectivity index (χ4n) is 4.72. The molecule has 1 aliphatic carbocycles. The normalized spacial score (nSPS) is 13.8. The first-order valence-corrected chi connectivity index (χ1v) is 14.0. The zero-order valence-electron chi connectivity index (χ0n) is 21.4. The zero-order valence-corrected chi connectivity index (χ0v) is 22.2. The number of nitrogens with one attached hydrogen (secondary N) is 2. The third kappa shape index (κ3) is 6.72. The summed E-state index contributed by atoms with van der Waals surface area (Å²) in [6, 6.07) is 20.1. The smallest absolute Gasteiger partial charge is 0.262 e. The average Bonchev–Trinajstić information content (AvgIpc) is 2.96. The van der Waals surface area contributed by atoms with Crippen molar-refractivity contribution in [1.82, 2.24) is 14.9 Å². The van der Waals surface area contributed by atoms with Gasteiger partial charge in [0.2, 0.25) is 5.91 Å². The van der Waals surface area contributed by atoms with Gasteiger partial charge in [0.15, 0.2) is 5.16 Å². The molecule has 200 valence electrons. The van der Waals surface area contributed by atoms with Crippen molar-refractivity contribution in [3.8, 4) is 0 Å². The average molecular weight is 545 g/mol. The maximum Gasteiger partial charge on any atom is 0.262 e. The monoisotopic (exact) mass is 544 g/mol. The highest BCUT2D eigenvalue weighted by Crippen LogP contribution is 2.21. The molecule has 0 unspecified atom stereocenters. The van der Waals surface area contributed by atoms with E-state index in [9.17, 15) is 18.8 Å². The van der Waals surface area contributed by atoms with Crippen LogP contribution in [0.1, 0.15) is 48.0 Å². The second-order valence-electron chi connectivity index (χ2n) is 9.65. The van der Waals surface area contributed by atoms with E-state index < -0.39 is 0 Å². The van der Waals surface area contributed by atoms with Gasteiger partial charge in [-0.1, -0.05) is 55.3 Å². The van der Waals surface area contributed by atoms with Crippen molar-refractivity contribution >= 4 is 40.2 Å². The quantitative estimate of drug-likeness (QED) is 0.230. The Morgan fingerprint density at radius 3 is 2.41 bits per heavy atom. The van der Waals surface area contributed by atoms with Crippen LogP contribution in [0.4, 0.5) is 10.1 Å². The highest BCUT2D eigenvalue weighted by atomic mass is 32.2. The number of anilines is 1. The lowest BCUT2D eigenvalue weighted by Crippen LogP contribution is -2.36. The molecule has 0 saturated heterocycles. The Labute approximate surface area is 229 Å². The number of hydrogen-bond acceptors (Lipinski definition) is 5. The molecule has 7 nitrogen and oxygen atoms in total. The predicted molar refractivity (Wildman–Crippen MR) is 152 cm³/mol. The van der Waals surface area contributed by atoms with E-state index in [0.29, 0.717) is 27.3 Å². The topological polar surface area (TPSA) is 93.1 Å². The fourth-order valence-corrected chi connectivity index (χ4v) is 5.52. The molecule has 0 spiro atoms. The Morgan fingerprint density at radius 2 is 1.67 bits per heavy atom. The molecule has 4 aromatic rings. The van der Waals surface area contributed by atoms with Gasteiger partial charge in [0.25, 0.3) is 11.5 Å². The van der Waals surface area contributed by atoms with Crippen LogP contribution in [-0.2, 0) is 11.3 Å². The summed E-state index contributed by atoms with van der Waals surface area (Å²) in [5.74, 6) is -0.748. The molecule has 1 fully saturated rings. The molecule has 1 aliphatic rings. The second kappa shape index (κ2) is 12.3. The van der Waals surface area contributed by atoms with Crippen LogP contribution in [-0.4, -0.2) is 33.2 Å². The van der Waals surface area contributed by atoms with Crippen molar-refractivity contribution in [2.45, 2.75) is 49.8 Å². The minimum Gasteiger partial charge on any atom is -0.349 e. The van der Waals surface area contributed by atoms with Crippen molar-refractivity contribution in [3.05, 3.63) is 100 Å². The SMILES string of the molecule is O=C(CSc1nc2ccccc2c(=O)n1Cc1ccc(C(=O)NC2CCCCC2)cc1)Nc1ccc(F)cc1. The van der Waals surface area contributed by atoms with Gasteiger partial charge in [-0.2, -0.15) is 0 Å². The van der Waals surface area contributed by atoms with Crippen LogP contribution < -0.4 is 16.2 Å². The van der Waals surface area contributed by atoms with E-state index in [1.54, 1.807) is 34.9 Å². The van der Waals surface area contributed by atoms with Gasteiger partial charge in [-0.05, 0) is 66.9 Å². The third-order valence-corrected chi connectivity index (χ3v) is 7.76. The number of amides is 2. The van der Waals surface area contributed by atoms with E-state index in [4.69, 9.17) is 0 Å². The van der Waals surface area contributed by atoms with Gasteiger partial charge in [-0.3, -0.25) is 19.0 Å². The predicted octanol–water partition coefficient (Wildman–Crippen LogP) is 5.38. The first-order chi connectivity index (χ1) is 19.0. The molecule has 1 saturated carbocycles. The zero-order chi connectivity index (χ0) is 27.2. The van der Waals surface area contributed by atoms with E-state index in [0.717, 1.165) is 43.0 Å². The van der Waals surface area contributed by atoms with Crippen LogP contribution in [0.15, 0.2) is 82.7 Å². The van der Waals surface area contributed by atoms with Crippen LogP contribution in [0.3, 0.4) is 0 Å². The van der Waals surface area contributed by atoms with Gasteiger partial charge in [-0.15, -0.1) is 0 Å². The van der Waals surface area contributed by atoms with Gasteiger partial charge in [-0.25, -0.2) is 9.37 Å². The molecule has 5 rings (SSSR count). The van der Waals surface area contributed by atoms with Crippen LogP contribution in [0.25, 0.3) is 10.9 Å². The largest absolute Gasteiger partial charge is 0.349 e. The van der Waals surface area contributed by atoms with Crippen molar-refractivity contribution < 1.29 is 14.0 Å². The van der Waals surface area contributed by atoms with Gasteiger partial charge >= 0.3 is 0 Å². The van der Waals surface area contributed by atoms with Gasteiger partial charge < -0.3 is 10.6 Å². The maximum absolute atomic E-state index is 13.4. The molecule has 39 heavy (non-hydrogen) atoms. The Hall–Kier alpha value is -3.98. The maximum atomic E-state index is 13.4. The van der Waals surface area contributed by atoms with Crippen molar-refractivity contribution in [1.29, 1.82) is 0 Å². The lowest BCUT2D eigenvalue weighted by Gasteiger charge is -2.22. The number of aromatic nitrogens is 2. The molecule has 1 heterocycles. The number of rotatable bonds is 8. The Balaban J connectivity index is 1.32. The standard InChI is InChI=1S/C30H29FN4O3S/c31-22-14-16-24(17-15-22)32-27(36)19-39-30-34-26-9-5-4-8-25(26)29(38)35(30)18-20-10-12-21(13-11-20)28(37)33-23-6-2-1-3-7-23/h4-5,8-17,23H,1-3,6-7,18-19H2,(H,32,36)(H,33,37). The number of thioether (sulfide) groups is 1. The first kappa shape index (κ1) is 26.6. The lowest BCUT2D eigenvalue weighted by molar-refractivity contribution is -0.113. The molecular weight excluding hydrogens is 515 g/mol. The molecule has 3 aromatic carbocycles. The molecule has 1 aromatic heterocycles. The number of carbonyl (C=O) groups excluding carboxylic acids is 2. The van der Waals surface area contributed by atoms with Gasteiger partial charge in [0, 0.05) is 17.3 Å². The summed E-state index contributed by atoms with van der Waals surface area (Å²) in [6.45, 7) is 0.239.